The molecule has 21 heavy (non-hydrogen) atoms. The summed E-state index contributed by atoms with van der Waals surface area (Å²) >= 11 is 0. The van der Waals surface area contributed by atoms with Gasteiger partial charge in [0.2, 0.25) is 11.8 Å². The zero-order chi connectivity index (χ0) is 15.2. The van der Waals surface area contributed by atoms with Crippen molar-refractivity contribution in [2.45, 2.75) is 13.1 Å². The molecule has 0 fully saturated rings. The van der Waals surface area contributed by atoms with E-state index in [0.29, 0.717) is 12.4 Å². The minimum atomic E-state index is -1.06. The SMILES string of the molecule is COc1ccc(CNC(=O)Cn2cccc2C(=O)O)cn1. The number of ether oxygens (including phenoxy) is 1. The molecule has 0 radical (unpaired) electrons. The van der Waals surface area contributed by atoms with Crippen molar-refractivity contribution in [2.24, 2.45) is 0 Å². The lowest BCUT2D eigenvalue weighted by Crippen LogP contribution is -2.28. The average molecular weight is 289 g/mol. The Hall–Kier alpha value is -2.83. The number of carboxylic acids is 1. The maximum atomic E-state index is 11.8. The molecule has 0 aliphatic rings. The minimum Gasteiger partial charge on any atom is -0.481 e. The number of carbonyl (C=O) groups is 2. The molecule has 0 saturated carbocycles. The lowest BCUT2D eigenvalue weighted by Gasteiger charge is -2.08. The smallest absolute Gasteiger partial charge is 0.352 e. The van der Waals surface area contributed by atoms with Crippen LogP contribution in [-0.4, -0.2) is 33.6 Å². The second kappa shape index (κ2) is 6.56. The molecule has 2 rings (SSSR count). The van der Waals surface area contributed by atoms with E-state index in [1.54, 1.807) is 30.6 Å². The molecular formula is C14H15N3O4. The molecule has 1 amide bonds. The van der Waals surface area contributed by atoms with E-state index in [9.17, 15) is 9.59 Å². The lowest BCUT2D eigenvalue weighted by atomic mass is 10.3. The van der Waals surface area contributed by atoms with Gasteiger partial charge in [0.05, 0.1) is 7.11 Å². The molecule has 0 aliphatic heterocycles. The van der Waals surface area contributed by atoms with E-state index in [-0.39, 0.29) is 18.1 Å². The Morgan fingerprint density at radius 2 is 2.19 bits per heavy atom. The van der Waals surface area contributed by atoms with E-state index in [2.05, 4.69) is 10.3 Å². The van der Waals surface area contributed by atoms with E-state index < -0.39 is 5.97 Å². The summed E-state index contributed by atoms with van der Waals surface area (Å²) < 4.78 is 6.32. The van der Waals surface area contributed by atoms with Crippen LogP contribution in [0, 0.1) is 0 Å². The summed E-state index contributed by atoms with van der Waals surface area (Å²) in [6, 6.07) is 6.54. The molecule has 2 aromatic rings. The molecule has 0 spiro atoms. The van der Waals surface area contributed by atoms with Crippen LogP contribution in [0.5, 0.6) is 5.88 Å². The Morgan fingerprint density at radius 1 is 1.38 bits per heavy atom. The van der Waals surface area contributed by atoms with Crippen LogP contribution in [0.3, 0.4) is 0 Å². The van der Waals surface area contributed by atoms with Crippen molar-refractivity contribution in [3.63, 3.8) is 0 Å². The normalized spacial score (nSPS) is 10.1. The largest absolute Gasteiger partial charge is 0.481 e. The number of amides is 1. The lowest BCUT2D eigenvalue weighted by molar-refractivity contribution is -0.121. The first-order chi connectivity index (χ1) is 10.1. The van der Waals surface area contributed by atoms with Gasteiger partial charge in [-0.25, -0.2) is 9.78 Å². The number of nitrogens with one attached hydrogen (secondary N) is 1. The summed E-state index contributed by atoms with van der Waals surface area (Å²) in [5, 5.41) is 11.7. The molecule has 0 unspecified atom stereocenters. The Balaban J connectivity index is 1.89. The van der Waals surface area contributed by atoms with Crippen molar-refractivity contribution >= 4 is 11.9 Å². The number of pyridine rings is 1. The van der Waals surface area contributed by atoms with Gasteiger partial charge in [-0.2, -0.15) is 0 Å². The molecule has 7 nitrogen and oxygen atoms in total. The highest BCUT2D eigenvalue weighted by Crippen LogP contribution is 2.06. The van der Waals surface area contributed by atoms with Crippen LogP contribution in [0.4, 0.5) is 0 Å². The molecule has 110 valence electrons. The third kappa shape index (κ3) is 3.82. The number of nitrogens with zero attached hydrogens (tertiary/aromatic N) is 2. The minimum absolute atomic E-state index is 0.0434. The highest BCUT2D eigenvalue weighted by Gasteiger charge is 2.11. The summed E-state index contributed by atoms with van der Waals surface area (Å²) in [6.45, 7) is 0.276. The summed E-state index contributed by atoms with van der Waals surface area (Å²) in [7, 11) is 1.53. The standard InChI is InChI=1S/C14H15N3O4/c1-21-13-5-4-10(8-16-13)7-15-12(18)9-17-6-2-3-11(17)14(19)20/h2-6,8H,7,9H2,1H3,(H,15,18)(H,19,20). The second-order valence-electron chi connectivity index (χ2n) is 4.31. The average Bonchev–Trinajstić information content (AvgIpc) is 2.94. The fraction of sp³-hybridized carbons (Fsp3) is 0.214. The fourth-order valence-electron chi connectivity index (χ4n) is 1.79. The predicted molar refractivity (Wildman–Crippen MR) is 74.0 cm³/mol. The summed E-state index contributed by atoms with van der Waals surface area (Å²) in [5.74, 6) is -0.833. The number of carboxylic acid groups (broad SMARTS) is 1. The van der Waals surface area contributed by atoms with Crippen molar-refractivity contribution < 1.29 is 19.4 Å². The topological polar surface area (TPSA) is 93.5 Å². The van der Waals surface area contributed by atoms with Crippen molar-refractivity contribution in [2.75, 3.05) is 7.11 Å². The first-order valence-electron chi connectivity index (χ1n) is 6.24. The van der Waals surface area contributed by atoms with Gasteiger partial charge in [0.1, 0.15) is 12.2 Å². The van der Waals surface area contributed by atoms with Crippen molar-refractivity contribution in [1.82, 2.24) is 14.9 Å². The summed E-state index contributed by atoms with van der Waals surface area (Å²) in [6.07, 6.45) is 3.16. The Bertz CT molecular complexity index is 634. The summed E-state index contributed by atoms with van der Waals surface area (Å²) in [4.78, 5) is 26.8. The predicted octanol–water partition coefficient (Wildman–Crippen LogP) is 0.906. The molecule has 0 atom stereocenters. The van der Waals surface area contributed by atoms with Gasteiger partial charge in [0, 0.05) is 25.0 Å². The Labute approximate surface area is 121 Å². The number of aromatic carboxylic acids is 1. The highest BCUT2D eigenvalue weighted by atomic mass is 16.5. The first kappa shape index (κ1) is 14.6. The molecule has 2 N–H and O–H groups in total. The van der Waals surface area contributed by atoms with Crippen molar-refractivity contribution in [3.05, 3.63) is 47.9 Å². The van der Waals surface area contributed by atoms with E-state index in [4.69, 9.17) is 9.84 Å². The second-order valence-corrected chi connectivity index (χ2v) is 4.31. The van der Waals surface area contributed by atoms with Gasteiger partial charge in [0.15, 0.2) is 0 Å². The molecule has 2 aromatic heterocycles. The zero-order valence-corrected chi connectivity index (χ0v) is 11.4. The van der Waals surface area contributed by atoms with E-state index in [1.165, 1.54) is 17.7 Å². The van der Waals surface area contributed by atoms with Crippen LogP contribution in [0.1, 0.15) is 16.1 Å². The highest BCUT2D eigenvalue weighted by molar-refractivity contribution is 5.86. The molecular weight excluding hydrogens is 274 g/mol. The van der Waals surface area contributed by atoms with E-state index in [0.717, 1.165) is 5.56 Å². The van der Waals surface area contributed by atoms with Crippen LogP contribution < -0.4 is 10.1 Å². The van der Waals surface area contributed by atoms with Gasteiger partial charge < -0.3 is 19.7 Å². The fourth-order valence-corrected chi connectivity index (χ4v) is 1.79. The molecule has 0 bridgehead atoms. The Morgan fingerprint density at radius 3 is 2.81 bits per heavy atom. The zero-order valence-electron chi connectivity index (χ0n) is 11.4. The van der Waals surface area contributed by atoms with Gasteiger partial charge in [-0.3, -0.25) is 4.79 Å². The van der Waals surface area contributed by atoms with Crippen molar-refractivity contribution in [1.29, 1.82) is 0 Å². The van der Waals surface area contributed by atoms with E-state index in [1.807, 2.05) is 0 Å². The monoisotopic (exact) mass is 289 g/mol. The molecule has 0 aromatic carbocycles. The van der Waals surface area contributed by atoms with Gasteiger partial charge in [-0.05, 0) is 17.7 Å². The van der Waals surface area contributed by atoms with Crippen molar-refractivity contribution in [3.8, 4) is 5.88 Å². The third-order valence-electron chi connectivity index (χ3n) is 2.86. The third-order valence-corrected chi connectivity index (χ3v) is 2.86. The van der Waals surface area contributed by atoms with E-state index >= 15 is 0 Å². The number of hydrogen-bond donors (Lipinski definition) is 2. The molecule has 0 saturated heterocycles. The summed E-state index contributed by atoms with van der Waals surface area (Å²) in [5.41, 5.74) is 0.909. The van der Waals surface area contributed by atoms with Gasteiger partial charge >= 0.3 is 5.97 Å². The number of rotatable bonds is 6. The maximum Gasteiger partial charge on any atom is 0.352 e. The van der Waals surface area contributed by atoms with Crippen LogP contribution in [0.2, 0.25) is 0 Å². The number of hydrogen-bond acceptors (Lipinski definition) is 4. The number of carbonyl (C=O) groups excluding carboxylic acids is 1. The van der Waals surface area contributed by atoms with Crippen LogP contribution >= 0.6 is 0 Å². The van der Waals surface area contributed by atoms with Gasteiger partial charge in [-0.15, -0.1) is 0 Å². The Kier molecular flexibility index (Phi) is 4.55. The molecule has 0 aliphatic carbocycles. The molecule has 2 heterocycles. The first-order valence-corrected chi connectivity index (χ1v) is 6.24. The molecule has 7 heteroatoms. The van der Waals surface area contributed by atoms with Crippen LogP contribution in [-0.2, 0) is 17.9 Å². The van der Waals surface area contributed by atoms with Crippen LogP contribution in [0.25, 0.3) is 0 Å². The van der Waals surface area contributed by atoms with Gasteiger partial charge in [0.25, 0.3) is 0 Å². The number of aromatic nitrogens is 2. The quantitative estimate of drug-likeness (QED) is 0.824. The van der Waals surface area contributed by atoms with Gasteiger partial charge in [-0.1, -0.05) is 6.07 Å². The maximum absolute atomic E-state index is 11.8. The van der Waals surface area contributed by atoms with Crippen LogP contribution in [0.15, 0.2) is 36.7 Å². The number of methoxy groups -OCH3 is 1.